The van der Waals surface area contributed by atoms with E-state index in [0.717, 1.165) is 5.69 Å². The Bertz CT molecular complexity index is 616. The van der Waals surface area contributed by atoms with E-state index in [4.69, 9.17) is 10.5 Å². The Balaban J connectivity index is 2.01. The van der Waals surface area contributed by atoms with Crippen molar-refractivity contribution in [2.24, 2.45) is 0 Å². The highest BCUT2D eigenvalue weighted by Crippen LogP contribution is 2.29. The van der Waals surface area contributed by atoms with Crippen molar-refractivity contribution in [2.75, 3.05) is 12.3 Å². The molecule has 0 spiro atoms. The lowest BCUT2D eigenvalue weighted by Crippen LogP contribution is -2.04. The standard InChI is InChI=1S/C13H13FN2O2S2/c1-2-18-13(17)12-16-9(7-20-12)6-19-11-5-8(14)3-4-10(11)15/h3-5,7H,2,6,15H2,1H3. The lowest BCUT2D eigenvalue weighted by Gasteiger charge is -2.03. The molecule has 0 aliphatic heterocycles. The third kappa shape index (κ3) is 3.71. The van der Waals surface area contributed by atoms with Gasteiger partial charge in [-0.1, -0.05) is 0 Å². The molecule has 0 saturated heterocycles. The molecule has 0 amide bonds. The number of carbonyl (C=O) groups is 1. The highest BCUT2D eigenvalue weighted by molar-refractivity contribution is 7.98. The maximum atomic E-state index is 13.1. The number of thioether (sulfide) groups is 1. The van der Waals surface area contributed by atoms with Gasteiger partial charge in [-0.05, 0) is 25.1 Å². The predicted molar refractivity (Wildman–Crippen MR) is 78.4 cm³/mol. The van der Waals surface area contributed by atoms with Crippen LogP contribution in [0.25, 0.3) is 0 Å². The van der Waals surface area contributed by atoms with Crippen LogP contribution >= 0.6 is 23.1 Å². The molecular formula is C13H13FN2O2S2. The number of nitrogen functional groups attached to an aromatic ring is 1. The zero-order valence-corrected chi connectivity index (χ0v) is 12.4. The number of esters is 1. The van der Waals surface area contributed by atoms with Crippen LogP contribution in [-0.4, -0.2) is 17.6 Å². The highest BCUT2D eigenvalue weighted by atomic mass is 32.2. The summed E-state index contributed by atoms with van der Waals surface area (Å²) < 4.78 is 18.0. The second-order valence-electron chi connectivity index (χ2n) is 3.84. The number of nitrogens with zero attached hydrogens (tertiary/aromatic N) is 1. The van der Waals surface area contributed by atoms with Gasteiger partial charge in [0.05, 0.1) is 12.3 Å². The number of hydrogen-bond acceptors (Lipinski definition) is 6. The molecule has 1 heterocycles. The zero-order valence-electron chi connectivity index (χ0n) is 10.8. The van der Waals surface area contributed by atoms with E-state index in [1.165, 1.54) is 41.3 Å². The molecule has 1 aromatic carbocycles. The summed E-state index contributed by atoms with van der Waals surface area (Å²) in [6, 6.07) is 4.24. The summed E-state index contributed by atoms with van der Waals surface area (Å²) in [6.07, 6.45) is 0. The van der Waals surface area contributed by atoms with Crippen LogP contribution in [0.3, 0.4) is 0 Å². The van der Waals surface area contributed by atoms with Gasteiger partial charge in [0.15, 0.2) is 0 Å². The average molecular weight is 312 g/mol. The summed E-state index contributed by atoms with van der Waals surface area (Å²) in [5.41, 5.74) is 7.03. The normalized spacial score (nSPS) is 10.5. The van der Waals surface area contributed by atoms with Crippen molar-refractivity contribution in [1.29, 1.82) is 0 Å². The maximum absolute atomic E-state index is 13.1. The first-order valence-electron chi connectivity index (χ1n) is 5.89. The quantitative estimate of drug-likeness (QED) is 0.521. The highest BCUT2D eigenvalue weighted by Gasteiger charge is 2.12. The Labute approximate surface area is 124 Å². The molecule has 0 radical (unpaired) electrons. The molecule has 2 aromatic rings. The summed E-state index contributed by atoms with van der Waals surface area (Å²) >= 11 is 2.62. The summed E-state index contributed by atoms with van der Waals surface area (Å²) in [6.45, 7) is 2.07. The topological polar surface area (TPSA) is 65.2 Å². The largest absolute Gasteiger partial charge is 0.461 e. The van der Waals surface area contributed by atoms with E-state index in [2.05, 4.69) is 4.98 Å². The first kappa shape index (κ1) is 14.8. The molecule has 0 fully saturated rings. The molecule has 0 bridgehead atoms. The van der Waals surface area contributed by atoms with Gasteiger partial charge in [-0.25, -0.2) is 14.2 Å². The van der Waals surface area contributed by atoms with Crippen LogP contribution in [0.15, 0.2) is 28.5 Å². The molecule has 2 N–H and O–H groups in total. The molecule has 0 atom stereocenters. The number of carbonyl (C=O) groups excluding carboxylic acids is 1. The van der Waals surface area contributed by atoms with Crippen molar-refractivity contribution in [3.63, 3.8) is 0 Å². The van der Waals surface area contributed by atoms with Crippen LogP contribution in [0.1, 0.15) is 22.4 Å². The van der Waals surface area contributed by atoms with Gasteiger partial charge in [0.1, 0.15) is 5.82 Å². The smallest absolute Gasteiger partial charge is 0.367 e. The summed E-state index contributed by atoms with van der Waals surface area (Å²) in [7, 11) is 0. The molecule has 0 aliphatic carbocycles. The van der Waals surface area contributed by atoms with Crippen LogP contribution in [-0.2, 0) is 10.5 Å². The Hall–Kier alpha value is -1.60. The van der Waals surface area contributed by atoms with Gasteiger partial charge < -0.3 is 10.5 Å². The van der Waals surface area contributed by atoms with Gasteiger partial charge in [0.25, 0.3) is 0 Å². The average Bonchev–Trinajstić information content (AvgIpc) is 2.89. The van der Waals surface area contributed by atoms with E-state index in [0.29, 0.717) is 28.0 Å². The Morgan fingerprint density at radius 1 is 1.55 bits per heavy atom. The number of halogens is 1. The minimum atomic E-state index is -0.418. The van der Waals surface area contributed by atoms with Crippen LogP contribution in [0.2, 0.25) is 0 Å². The minimum Gasteiger partial charge on any atom is -0.461 e. The molecule has 0 unspecified atom stereocenters. The van der Waals surface area contributed by atoms with E-state index in [9.17, 15) is 9.18 Å². The van der Waals surface area contributed by atoms with Gasteiger partial charge in [-0.15, -0.1) is 23.1 Å². The van der Waals surface area contributed by atoms with E-state index >= 15 is 0 Å². The van der Waals surface area contributed by atoms with Gasteiger partial charge >= 0.3 is 5.97 Å². The number of rotatable bonds is 5. The van der Waals surface area contributed by atoms with Gasteiger partial charge in [-0.2, -0.15) is 0 Å². The van der Waals surface area contributed by atoms with Crippen molar-refractivity contribution in [3.05, 3.63) is 40.1 Å². The van der Waals surface area contributed by atoms with Crippen LogP contribution in [0.4, 0.5) is 10.1 Å². The van der Waals surface area contributed by atoms with Crippen molar-refractivity contribution in [3.8, 4) is 0 Å². The Morgan fingerprint density at radius 3 is 3.10 bits per heavy atom. The molecule has 1 aromatic heterocycles. The number of aromatic nitrogens is 1. The summed E-state index contributed by atoms with van der Waals surface area (Å²) in [5, 5.41) is 2.11. The summed E-state index contributed by atoms with van der Waals surface area (Å²) in [5.74, 6) is -0.227. The van der Waals surface area contributed by atoms with Gasteiger partial charge in [0.2, 0.25) is 5.01 Å². The third-order valence-corrected chi connectivity index (χ3v) is 4.33. The number of anilines is 1. The van der Waals surface area contributed by atoms with Gasteiger partial charge in [0, 0.05) is 21.7 Å². The fourth-order valence-corrected chi connectivity index (χ4v) is 3.14. The first-order chi connectivity index (χ1) is 9.60. The first-order valence-corrected chi connectivity index (χ1v) is 7.76. The fourth-order valence-electron chi connectivity index (χ4n) is 1.44. The molecule has 0 aliphatic rings. The molecule has 20 heavy (non-hydrogen) atoms. The monoisotopic (exact) mass is 312 g/mol. The summed E-state index contributed by atoms with van der Waals surface area (Å²) in [4.78, 5) is 16.3. The van der Waals surface area contributed by atoms with Crippen molar-refractivity contribution in [1.82, 2.24) is 4.98 Å². The zero-order chi connectivity index (χ0) is 14.5. The van der Waals surface area contributed by atoms with Crippen molar-refractivity contribution < 1.29 is 13.9 Å². The maximum Gasteiger partial charge on any atom is 0.367 e. The predicted octanol–water partition coefficient (Wildman–Crippen LogP) is 3.33. The number of nitrogens with two attached hydrogens (primary N) is 1. The molecule has 4 nitrogen and oxygen atoms in total. The lowest BCUT2D eigenvalue weighted by atomic mass is 10.3. The molecular weight excluding hydrogens is 299 g/mol. The van der Waals surface area contributed by atoms with Gasteiger partial charge in [-0.3, -0.25) is 0 Å². The Morgan fingerprint density at radius 2 is 2.35 bits per heavy atom. The van der Waals surface area contributed by atoms with E-state index in [-0.39, 0.29) is 5.82 Å². The van der Waals surface area contributed by atoms with Crippen molar-refractivity contribution >= 4 is 34.8 Å². The van der Waals surface area contributed by atoms with Crippen LogP contribution < -0.4 is 5.73 Å². The molecule has 106 valence electrons. The minimum absolute atomic E-state index is 0.322. The van der Waals surface area contributed by atoms with Crippen LogP contribution in [0, 0.1) is 5.82 Å². The Kier molecular flexibility index (Phi) is 4.97. The van der Waals surface area contributed by atoms with Crippen LogP contribution in [0.5, 0.6) is 0 Å². The second-order valence-corrected chi connectivity index (χ2v) is 5.71. The molecule has 0 saturated carbocycles. The second kappa shape index (κ2) is 6.71. The van der Waals surface area contributed by atoms with E-state index in [1.54, 1.807) is 12.3 Å². The third-order valence-electron chi connectivity index (χ3n) is 2.35. The number of benzene rings is 1. The fraction of sp³-hybridized carbons (Fsp3) is 0.231. The SMILES string of the molecule is CCOC(=O)c1nc(CSc2cc(F)ccc2N)cs1. The van der Waals surface area contributed by atoms with E-state index in [1.807, 2.05) is 0 Å². The lowest BCUT2D eigenvalue weighted by molar-refractivity contribution is 0.0525. The molecule has 2 rings (SSSR count). The van der Waals surface area contributed by atoms with E-state index < -0.39 is 5.97 Å². The number of ether oxygens (including phenoxy) is 1. The number of thiazole rings is 1. The van der Waals surface area contributed by atoms with Crippen molar-refractivity contribution in [2.45, 2.75) is 17.6 Å². The number of hydrogen-bond donors (Lipinski definition) is 1. The molecule has 7 heteroatoms.